The lowest BCUT2D eigenvalue weighted by Crippen LogP contribution is -2.32. The first-order valence-corrected chi connectivity index (χ1v) is 11.8. The predicted molar refractivity (Wildman–Crippen MR) is 121 cm³/mol. The summed E-state index contributed by atoms with van der Waals surface area (Å²) in [6, 6.07) is 8.75. The Kier molecular flexibility index (Phi) is 3.96. The summed E-state index contributed by atoms with van der Waals surface area (Å²) in [4.78, 5) is 0. The molecular weight excluding hydrogens is 415 g/mol. The molecule has 4 aromatic rings. The van der Waals surface area contributed by atoms with Crippen molar-refractivity contribution in [2.75, 3.05) is 11.6 Å². The number of anilines is 1. The third-order valence-corrected chi connectivity index (χ3v) is 7.20. The van der Waals surface area contributed by atoms with E-state index < -0.39 is 15.6 Å². The van der Waals surface area contributed by atoms with Gasteiger partial charge < -0.3 is 5.32 Å². The van der Waals surface area contributed by atoms with Gasteiger partial charge in [0.05, 0.1) is 34.9 Å². The van der Waals surface area contributed by atoms with E-state index in [1.54, 1.807) is 22.9 Å². The molecule has 0 amide bonds. The molecule has 0 radical (unpaired) electrons. The largest absolute Gasteiger partial charge is 0.373 e. The summed E-state index contributed by atoms with van der Waals surface area (Å²) in [5.41, 5.74) is 5.66. The van der Waals surface area contributed by atoms with Gasteiger partial charge in [-0.15, -0.1) is 0 Å². The minimum absolute atomic E-state index is 0.352. The Morgan fingerprint density at radius 3 is 2.61 bits per heavy atom. The van der Waals surface area contributed by atoms with Crippen LogP contribution in [0.3, 0.4) is 0 Å². The summed E-state index contributed by atoms with van der Waals surface area (Å²) in [7, 11) is -1.59. The SMILES string of the molecule is Cc1c(-c2cccc3c2ccn3S(C)(=O)=O)cc(F)c2c1-c1c(cnn1C)C(C)(C)N2. The van der Waals surface area contributed by atoms with E-state index in [1.807, 2.05) is 40.1 Å². The second-order valence-electron chi connectivity index (χ2n) is 8.67. The average Bonchev–Trinajstić information content (AvgIpc) is 3.29. The van der Waals surface area contributed by atoms with Gasteiger partial charge in [-0.2, -0.15) is 5.10 Å². The molecule has 160 valence electrons. The molecule has 3 heterocycles. The number of aryl methyl sites for hydroxylation is 1. The molecule has 0 fully saturated rings. The summed E-state index contributed by atoms with van der Waals surface area (Å²) < 4.78 is 42.8. The normalized spacial score (nSPS) is 14.9. The quantitative estimate of drug-likeness (QED) is 0.496. The van der Waals surface area contributed by atoms with Crippen molar-refractivity contribution >= 4 is 26.6 Å². The number of hydrogen-bond acceptors (Lipinski definition) is 4. The van der Waals surface area contributed by atoms with E-state index in [2.05, 4.69) is 10.4 Å². The third kappa shape index (κ3) is 2.74. The second kappa shape index (κ2) is 6.20. The fraction of sp³-hybridized carbons (Fsp3) is 0.261. The molecule has 0 aliphatic carbocycles. The average molecular weight is 439 g/mol. The van der Waals surface area contributed by atoms with Crippen LogP contribution < -0.4 is 5.32 Å². The van der Waals surface area contributed by atoms with Crippen molar-refractivity contribution in [3.63, 3.8) is 0 Å². The van der Waals surface area contributed by atoms with Crippen LogP contribution in [-0.4, -0.2) is 28.4 Å². The molecular formula is C23H23FN4O2S. The van der Waals surface area contributed by atoms with Gasteiger partial charge in [-0.1, -0.05) is 12.1 Å². The highest BCUT2D eigenvalue weighted by atomic mass is 32.2. The molecule has 2 aromatic heterocycles. The van der Waals surface area contributed by atoms with Crippen LogP contribution in [0.25, 0.3) is 33.3 Å². The van der Waals surface area contributed by atoms with Crippen molar-refractivity contribution in [2.24, 2.45) is 7.05 Å². The Labute approximate surface area is 180 Å². The van der Waals surface area contributed by atoms with Gasteiger partial charge in [0.2, 0.25) is 10.0 Å². The molecule has 1 N–H and O–H groups in total. The lowest BCUT2D eigenvalue weighted by Gasteiger charge is -2.35. The third-order valence-electron chi connectivity index (χ3n) is 6.17. The molecule has 0 saturated carbocycles. The van der Waals surface area contributed by atoms with Crippen LogP contribution in [0.4, 0.5) is 10.1 Å². The number of halogens is 1. The van der Waals surface area contributed by atoms with Crippen molar-refractivity contribution in [3.05, 3.63) is 59.7 Å². The van der Waals surface area contributed by atoms with Gasteiger partial charge in [-0.3, -0.25) is 4.68 Å². The van der Waals surface area contributed by atoms with Crippen LogP contribution in [0.15, 0.2) is 42.7 Å². The van der Waals surface area contributed by atoms with E-state index in [0.717, 1.165) is 38.9 Å². The molecule has 6 nitrogen and oxygen atoms in total. The monoisotopic (exact) mass is 438 g/mol. The van der Waals surface area contributed by atoms with Gasteiger partial charge >= 0.3 is 0 Å². The van der Waals surface area contributed by atoms with E-state index in [9.17, 15) is 8.42 Å². The summed E-state index contributed by atoms with van der Waals surface area (Å²) in [5.74, 6) is -0.352. The van der Waals surface area contributed by atoms with Gasteiger partial charge in [-0.05, 0) is 55.7 Å². The van der Waals surface area contributed by atoms with E-state index in [1.165, 1.54) is 22.5 Å². The highest BCUT2D eigenvalue weighted by Gasteiger charge is 2.36. The van der Waals surface area contributed by atoms with E-state index >= 15 is 4.39 Å². The van der Waals surface area contributed by atoms with Gasteiger partial charge in [-0.25, -0.2) is 16.8 Å². The van der Waals surface area contributed by atoms with Crippen LogP contribution in [0.5, 0.6) is 0 Å². The maximum Gasteiger partial charge on any atom is 0.236 e. The fourth-order valence-electron chi connectivity index (χ4n) is 4.68. The first kappa shape index (κ1) is 19.8. The molecule has 8 heteroatoms. The lowest BCUT2D eigenvalue weighted by atomic mass is 9.83. The smallest absolute Gasteiger partial charge is 0.236 e. The Morgan fingerprint density at radius 1 is 1.16 bits per heavy atom. The van der Waals surface area contributed by atoms with Crippen LogP contribution in [0.2, 0.25) is 0 Å². The number of benzene rings is 2. The van der Waals surface area contributed by atoms with Crippen molar-refractivity contribution in [3.8, 4) is 22.4 Å². The minimum atomic E-state index is -3.45. The van der Waals surface area contributed by atoms with Crippen LogP contribution in [0.1, 0.15) is 25.0 Å². The van der Waals surface area contributed by atoms with Gasteiger partial charge in [0.15, 0.2) is 0 Å². The Bertz CT molecular complexity index is 1500. The maximum atomic E-state index is 15.5. The van der Waals surface area contributed by atoms with Crippen molar-refractivity contribution in [1.29, 1.82) is 0 Å². The van der Waals surface area contributed by atoms with Crippen LogP contribution >= 0.6 is 0 Å². The molecule has 0 atom stereocenters. The predicted octanol–water partition coefficient (Wildman–Crippen LogP) is 4.62. The molecule has 1 aliphatic heterocycles. The van der Waals surface area contributed by atoms with Gasteiger partial charge in [0, 0.05) is 29.8 Å². The number of aromatic nitrogens is 3. The Balaban J connectivity index is 1.84. The number of nitrogens with one attached hydrogen (secondary N) is 1. The minimum Gasteiger partial charge on any atom is -0.373 e. The fourth-order valence-corrected chi connectivity index (χ4v) is 5.48. The van der Waals surface area contributed by atoms with Crippen molar-refractivity contribution < 1.29 is 12.8 Å². The van der Waals surface area contributed by atoms with Gasteiger partial charge in [0.1, 0.15) is 5.82 Å². The zero-order valence-electron chi connectivity index (χ0n) is 18.0. The van der Waals surface area contributed by atoms with E-state index in [4.69, 9.17) is 0 Å². The molecule has 0 saturated heterocycles. The Hall–Kier alpha value is -3.13. The van der Waals surface area contributed by atoms with Crippen molar-refractivity contribution in [1.82, 2.24) is 13.8 Å². The van der Waals surface area contributed by atoms with Crippen LogP contribution in [-0.2, 0) is 22.6 Å². The first-order chi connectivity index (χ1) is 14.5. The van der Waals surface area contributed by atoms with Gasteiger partial charge in [0.25, 0.3) is 0 Å². The standard InChI is InChI=1S/C23H23FN4O2S/c1-13-16(14-7-6-8-19-15(14)9-10-28(19)31(5,29)30)11-18(24)21-20(13)22-17(12-25-27(22)4)23(2,3)26-21/h6-12,26H,1-5H3. The van der Waals surface area contributed by atoms with Crippen LogP contribution in [0, 0.1) is 12.7 Å². The van der Waals surface area contributed by atoms with E-state index in [0.29, 0.717) is 11.2 Å². The molecule has 0 unspecified atom stereocenters. The molecule has 0 bridgehead atoms. The van der Waals surface area contributed by atoms with E-state index in [-0.39, 0.29) is 5.82 Å². The summed E-state index contributed by atoms with van der Waals surface area (Å²) >= 11 is 0. The molecule has 1 aliphatic rings. The summed E-state index contributed by atoms with van der Waals surface area (Å²) in [6.07, 6.45) is 4.53. The highest BCUT2D eigenvalue weighted by Crippen LogP contribution is 2.48. The molecule has 2 aromatic carbocycles. The number of hydrogen-bond donors (Lipinski definition) is 1. The lowest BCUT2D eigenvalue weighted by molar-refractivity contribution is 0.578. The highest BCUT2D eigenvalue weighted by molar-refractivity contribution is 7.89. The molecule has 5 rings (SSSR count). The zero-order chi connectivity index (χ0) is 22.3. The van der Waals surface area contributed by atoms with Crippen molar-refractivity contribution in [2.45, 2.75) is 26.3 Å². The molecule has 0 spiro atoms. The summed E-state index contributed by atoms with van der Waals surface area (Å²) in [5, 5.41) is 8.53. The maximum absolute atomic E-state index is 15.5. The topological polar surface area (TPSA) is 68.9 Å². The number of nitrogens with zero attached hydrogens (tertiary/aromatic N) is 3. The first-order valence-electron chi connectivity index (χ1n) is 9.96. The second-order valence-corrected chi connectivity index (χ2v) is 10.5. The number of fused-ring (bicyclic) bond motifs is 4. The molecule has 31 heavy (non-hydrogen) atoms. The zero-order valence-corrected chi connectivity index (χ0v) is 18.8. The number of rotatable bonds is 2. The summed E-state index contributed by atoms with van der Waals surface area (Å²) in [6.45, 7) is 5.98. The Morgan fingerprint density at radius 2 is 1.90 bits per heavy atom.